The fourth-order valence-electron chi connectivity index (χ4n) is 2.63. The summed E-state index contributed by atoms with van der Waals surface area (Å²) in [6.45, 7) is 0. The molecule has 1 heterocycles. The molecule has 0 radical (unpaired) electrons. The molecule has 0 aliphatic heterocycles. The number of nitro groups is 2. The Labute approximate surface area is 199 Å². The van der Waals surface area contributed by atoms with Crippen molar-refractivity contribution in [1.82, 2.24) is 9.97 Å². The number of ether oxygens (including phenoxy) is 2. The van der Waals surface area contributed by atoms with Crippen LogP contribution in [0.5, 0.6) is 17.2 Å². The zero-order chi connectivity index (χ0) is 24.8. The minimum absolute atomic E-state index is 0.000970. The van der Waals surface area contributed by atoms with Crippen molar-refractivity contribution >= 4 is 45.3 Å². The molecule has 176 valence electrons. The second kappa shape index (κ2) is 10.5. The smallest absolute Gasteiger partial charge is 0.318 e. The molecule has 0 saturated heterocycles. The summed E-state index contributed by atoms with van der Waals surface area (Å²) in [7, 11) is 2.88. The van der Waals surface area contributed by atoms with Gasteiger partial charge in [0.15, 0.2) is 23.1 Å². The van der Waals surface area contributed by atoms with E-state index in [-0.39, 0.29) is 29.0 Å². The number of hydrazone groups is 1. The zero-order valence-corrected chi connectivity index (χ0v) is 19.1. The molecule has 0 spiro atoms. The highest BCUT2D eigenvalue weighted by Gasteiger charge is 2.23. The average molecular weight is 536 g/mol. The Morgan fingerprint density at radius 2 is 1.94 bits per heavy atom. The maximum absolute atomic E-state index is 13.5. The number of nitrogens with one attached hydrogen (secondary N) is 2. The summed E-state index contributed by atoms with van der Waals surface area (Å²) in [5.41, 5.74) is 2.06. The molecular weight excluding hydrogens is 521 g/mol. The summed E-state index contributed by atoms with van der Waals surface area (Å²) in [4.78, 5) is 28.4. The van der Waals surface area contributed by atoms with Crippen LogP contribution in [0.4, 0.5) is 27.5 Å². The van der Waals surface area contributed by atoms with E-state index in [1.165, 1.54) is 26.4 Å². The van der Waals surface area contributed by atoms with Crippen molar-refractivity contribution in [2.75, 3.05) is 24.9 Å². The first-order valence-corrected chi connectivity index (χ1v) is 10.0. The van der Waals surface area contributed by atoms with Gasteiger partial charge in [-0.2, -0.15) is 10.1 Å². The van der Waals surface area contributed by atoms with Crippen molar-refractivity contribution in [2.24, 2.45) is 5.10 Å². The lowest BCUT2D eigenvalue weighted by atomic mass is 10.2. The van der Waals surface area contributed by atoms with E-state index in [2.05, 4.69) is 41.7 Å². The monoisotopic (exact) mass is 535 g/mol. The third kappa shape index (κ3) is 5.50. The molecule has 0 aliphatic carbocycles. The Balaban J connectivity index is 1.86. The van der Waals surface area contributed by atoms with Gasteiger partial charge in [0.25, 0.3) is 5.69 Å². The fourth-order valence-corrected chi connectivity index (χ4v) is 3.17. The van der Waals surface area contributed by atoms with Gasteiger partial charge in [0, 0.05) is 13.1 Å². The van der Waals surface area contributed by atoms with Crippen molar-refractivity contribution in [1.29, 1.82) is 0 Å². The molecule has 2 aromatic carbocycles. The maximum Gasteiger partial charge on any atom is 0.318 e. The second-order valence-corrected chi connectivity index (χ2v) is 7.17. The number of hydrogen-bond donors (Lipinski definition) is 2. The number of hydrogen-bond acceptors (Lipinski definition) is 11. The second-order valence-electron chi connectivity index (χ2n) is 6.31. The first-order chi connectivity index (χ1) is 16.2. The van der Waals surface area contributed by atoms with Gasteiger partial charge in [0.1, 0.15) is 0 Å². The van der Waals surface area contributed by atoms with Crippen molar-refractivity contribution in [3.05, 3.63) is 72.6 Å². The Hall–Kier alpha value is -4.40. The van der Waals surface area contributed by atoms with Crippen LogP contribution in [0.3, 0.4) is 0 Å². The summed E-state index contributed by atoms with van der Waals surface area (Å²) in [5.74, 6) is -0.484. The lowest BCUT2D eigenvalue weighted by Gasteiger charge is -2.13. The molecular formula is C19H15BrFN7O6. The predicted molar refractivity (Wildman–Crippen MR) is 123 cm³/mol. The molecule has 0 unspecified atom stereocenters. The molecule has 34 heavy (non-hydrogen) atoms. The molecule has 0 aliphatic rings. The van der Waals surface area contributed by atoms with Crippen LogP contribution in [0.25, 0.3) is 0 Å². The van der Waals surface area contributed by atoms with Gasteiger partial charge < -0.3 is 14.8 Å². The molecule has 3 rings (SSSR count). The molecule has 0 fully saturated rings. The first kappa shape index (κ1) is 24.2. The van der Waals surface area contributed by atoms with Crippen LogP contribution in [-0.2, 0) is 0 Å². The molecule has 15 heteroatoms. The largest absolute Gasteiger partial charge is 0.493 e. The number of nitro benzene ring substituents is 2. The number of benzene rings is 2. The minimum atomic E-state index is -0.785. The van der Waals surface area contributed by atoms with Gasteiger partial charge in [-0.1, -0.05) is 0 Å². The van der Waals surface area contributed by atoms with Crippen LogP contribution in [0.15, 0.2) is 46.1 Å². The Morgan fingerprint density at radius 3 is 2.59 bits per heavy atom. The van der Waals surface area contributed by atoms with Gasteiger partial charge in [-0.25, -0.2) is 14.8 Å². The molecule has 2 N–H and O–H groups in total. The van der Waals surface area contributed by atoms with Crippen LogP contribution in [0, 0.1) is 26.0 Å². The molecule has 0 saturated carbocycles. The lowest BCUT2D eigenvalue weighted by Crippen LogP contribution is -2.03. The van der Waals surface area contributed by atoms with E-state index in [1.54, 1.807) is 6.07 Å². The van der Waals surface area contributed by atoms with Gasteiger partial charge >= 0.3 is 5.69 Å². The Bertz CT molecular complexity index is 1290. The van der Waals surface area contributed by atoms with Gasteiger partial charge in [0.2, 0.25) is 11.7 Å². The molecule has 3 aromatic rings. The Kier molecular flexibility index (Phi) is 7.47. The zero-order valence-electron chi connectivity index (χ0n) is 17.5. The third-order valence-corrected chi connectivity index (χ3v) is 4.76. The highest BCUT2D eigenvalue weighted by atomic mass is 79.9. The van der Waals surface area contributed by atoms with Crippen molar-refractivity contribution in [2.45, 2.75) is 0 Å². The van der Waals surface area contributed by atoms with Crippen LogP contribution >= 0.6 is 15.9 Å². The van der Waals surface area contributed by atoms with Crippen molar-refractivity contribution in [3.63, 3.8) is 0 Å². The van der Waals surface area contributed by atoms with Crippen LogP contribution in [-0.4, -0.2) is 40.2 Å². The molecule has 1 aromatic heterocycles. The van der Waals surface area contributed by atoms with Crippen LogP contribution in [0.2, 0.25) is 0 Å². The third-order valence-electron chi connectivity index (χ3n) is 4.17. The number of nitrogens with zero attached hydrogens (tertiary/aromatic N) is 5. The number of non-ortho nitro benzene ring substituents is 1. The summed E-state index contributed by atoms with van der Waals surface area (Å²) in [6, 6.07) is 6.15. The summed E-state index contributed by atoms with van der Waals surface area (Å²) >= 11 is 3.32. The molecule has 13 nitrogen and oxygen atoms in total. The van der Waals surface area contributed by atoms with E-state index < -0.39 is 27.0 Å². The van der Waals surface area contributed by atoms with Crippen LogP contribution < -0.4 is 20.2 Å². The van der Waals surface area contributed by atoms with E-state index in [1.807, 2.05) is 0 Å². The molecule has 0 amide bonds. The summed E-state index contributed by atoms with van der Waals surface area (Å²) < 4.78 is 24.8. The van der Waals surface area contributed by atoms with Gasteiger partial charge in [-0.3, -0.25) is 20.2 Å². The van der Waals surface area contributed by atoms with E-state index in [0.717, 1.165) is 24.4 Å². The molecule has 0 atom stereocenters. The predicted octanol–water partition coefficient (Wildman–Crippen LogP) is 4.48. The lowest BCUT2D eigenvalue weighted by molar-refractivity contribution is -0.394. The average Bonchev–Trinajstić information content (AvgIpc) is 2.81. The quantitative estimate of drug-likeness (QED) is 0.226. The van der Waals surface area contributed by atoms with E-state index >= 15 is 0 Å². The maximum atomic E-state index is 13.5. The van der Waals surface area contributed by atoms with Crippen molar-refractivity contribution < 1.29 is 23.7 Å². The van der Waals surface area contributed by atoms with E-state index in [9.17, 15) is 24.6 Å². The van der Waals surface area contributed by atoms with E-state index in [0.29, 0.717) is 10.0 Å². The molecule has 0 bridgehead atoms. The SMILES string of the molecule is CNc1nc(N/N=C/c2cc(Br)c(Oc3ccc([N+](=O)[O-])cc3[N+](=O)[O-])c(OC)c2)ncc1F. The number of halogens is 2. The highest BCUT2D eigenvalue weighted by molar-refractivity contribution is 9.10. The minimum Gasteiger partial charge on any atom is -0.493 e. The fraction of sp³-hybridized carbons (Fsp3) is 0.105. The summed E-state index contributed by atoms with van der Waals surface area (Å²) in [5, 5.41) is 28.9. The first-order valence-electron chi connectivity index (χ1n) is 9.21. The topological polar surface area (TPSA) is 167 Å². The standard InChI is InChI=1S/C19H15BrFN7O6/c1-22-18-13(21)9-23-19(25-18)26-24-8-10-5-12(20)17(16(6-10)33-2)34-15-4-3-11(27(29)30)7-14(15)28(31)32/h3-9H,1-2H3,(H2,22,23,25,26)/b24-8+. The number of rotatable bonds is 9. The highest BCUT2D eigenvalue weighted by Crippen LogP contribution is 2.42. The van der Waals surface area contributed by atoms with Crippen molar-refractivity contribution in [3.8, 4) is 17.2 Å². The van der Waals surface area contributed by atoms with Gasteiger partial charge in [-0.05, 0) is 39.7 Å². The number of methoxy groups -OCH3 is 1. The normalized spacial score (nSPS) is 10.7. The summed E-state index contributed by atoms with van der Waals surface area (Å²) in [6.07, 6.45) is 2.39. The number of aromatic nitrogens is 2. The number of anilines is 2. The van der Waals surface area contributed by atoms with Gasteiger partial charge in [-0.15, -0.1) is 0 Å². The van der Waals surface area contributed by atoms with Crippen LogP contribution in [0.1, 0.15) is 5.56 Å². The van der Waals surface area contributed by atoms with E-state index in [4.69, 9.17) is 9.47 Å². The van der Waals surface area contributed by atoms with Gasteiger partial charge in [0.05, 0.1) is 39.9 Å². The Morgan fingerprint density at radius 1 is 1.18 bits per heavy atom.